The van der Waals surface area contributed by atoms with E-state index in [1.54, 1.807) is 0 Å². The van der Waals surface area contributed by atoms with Crippen LogP contribution in [0, 0.1) is 20.2 Å². The standard InChI is InChI=1S/C23H22N6O6/c1-2-35-20-5-3-16(4-6-20)21-7-8-22(25-24-21)26-9-11-27(12-10-26)23(30)17-13-18(28(31)32)15-19(14-17)29(33)34/h3-8,13-15H,2,9-12H2,1H3. The van der Waals surface area contributed by atoms with Crippen LogP contribution < -0.4 is 9.64 Å². The molecular weight excluding hydrogens is 456 g/mol. The zero-order valence-electron chi connectivity index (χ0n) is 18.9. The predicted octanol–water partition coefficient (Wildman–Crippen LogP) is 3.32. The van der Waals surface area contributed by atoms with Gasteiger partial charge in [-0.1, -0.05) is 0 Å². The van der Waals surface area contributed by atoms with Crippen molar-refractivity contribution < 1.29 is 19.4 Å². The SMILES string of the molecule is CCOc1ccc(-c2ccc(N3CCN(C(=O)c4cc([N+](=O)[O-])cc([N+](=O)[O-])c4)CC3)nn2)cc1. The van der Waals surface area contributed by atoms with E-state index in [0.717, 1.165) is 35.2 Å². The first-order valence-corrected chi connectivity index (χ1v) is 10.9. The molecule has 1 saturated heterocycles. The van der Waals surface area contributed by atoms with Gasteiger partial charge < -0.3 is 14.5 Å². The van der Waals surface area contributed by atoms with Crippen LogP contribution in [0.25, 0.3) is 11.3 Å². The molecule has 1 aliphatic rings. The van der Waals surface area contributed by atoms with E-state index in [1.807, 2.05) is 48.2 Å². The number of amides is 1. The number of piperazine rings is 1. The van der Waals surface area contributed by atoms with Crippen molar-refractivity contribution in [1.29, 1.82) is 0 Å². The van der Waals surface area contributed by atoms with Gasteiger partial charge in [0.05, 0.1) is 33.8 Å². The summed E-state index contributed by atoms with van der Waals surface area (Å²) in [7, 11) is 0. The minimum Gasteiger partial charge on any atom is -0.494 e. The Hall–Kier alpha value is -4.61. The average Bonchev–Trinajstić information content (AvgIpc) is 2.89. The highest BCUT2D eigenvalue weighted by atomic mass is 16.6. The molecule has 12 nitrogen and oxygen atoms in total. The number of nitro groups is 2. The second kappa shape index (κ2) is 10.1. The maximum atomic E-state index is 12.9. The van der Waals surface area contributed by atoms with Crippen molar-refractivity contribution in [3.63, 3.8) is 0 Å². The quantitative estimate of drug-likeness (QED) is 0.369. The van der Waals surface area contributed by atoms with Crippen LogP contribution >= 0.6 is 0 Å². The Kier molecular flexibility index (Phi) is 6.81. The summed E-state index contributed by atoms with van der Waals surface area (Å²) in [6.07, 6.45) is 0. The highest BCUT2D eigenvalue weighted by Gasteiger charge is 2.26. The number of nitrogens with zero attached hydrogens (tertiary/aromatic N) is 6. The molecule has 0 atom stereocenters. The largest absolute Gasteiger partial charge is 0.494 e. The molecule has 0 unspecified atom stereocenters. The summed E-state index contributed by atoms with van der Waals surface area (Å²) in [5.41, 5.74) is 0.554. The second-order valence-corrected chi connectivity index (χ2v) is 7.77. The lowest BCUT2D eigenvalue weighted by Gasteiger charge is -2.35. The van der Waals surface area contributed by atoms with Gasteiger partial charge in [0, 0.05) is 43.9 Å². The number of carbonyl (C=O) groups is 1. The van der Waals surface area contributed by atoms with E-state index in [9.17, 15) is 25.0 Å². The van der Waals surface area contributed by atoms with Crippen LogP contribution in [0.3, 0.4) is 0 Å². The Bertz CT molecular complexity index is 1210. The van der Waals surface area contributed by atoms with E-state index in [1.165, 1.54) is 4.90 Å². The molecule has 0 radical (unpaired) electrons. The van der Waals surface area contributed by atoms with Gasteiger partial charge in [0.2, 0.25) is 0 Å². The highest BCUT2D eigenvalue weighted by Crippen LogP contribution is 2.25. The third-order valence-corrected chi connectivity index (χ3v) is 5.57. The fraction of sp³-hybridized carbons (Fsp3) is 0.261. The molecule has 3 aromatic rings. The zero-order valence-corrected chi connectivity index (χ0v) is 18.9. The van der Waals surface area contributed by atoms with E-state index in [4.69, 9.17) is 4.74 Å². The summed E-state index contributed by atoms with van der Waals surface area (Å²) < 4.78 is 5.45. The van der Waals surface area contributed by atoms with E-state index in [0.29, 0.717) is 38.6 Å². The van der Waals surface area contributed by atoms with Crippen LogP contribution in [-0.2, 0) is 0 Å². The van der Waals surface area contributed by atoms with E-state index >= 15 is 0 Å². The maximum Gasteiger partial charge on any atom is 0.277 e. The normalized spacial score (nSPS) is 13.4. The lowest BCUT2D eigenvalue weighted by molar-refractivity contribution is -0.394. The first-order chi connectivity index (χ1) is 16.9. The summed E-state index contributed by atoms with van der Waals surface area (Å²) in [5.74, 6) is 0.958. The third-order valence-electron chi connectivity index (χ3n) is 5.57. The molecule has 0 bridgehead atoms. The van der Waals surface area contributed by atoms with Crippen LogP contribution in [0.5, 0.6) is 5.75 Å². The Morgan fingerprint density at radius 1 is 0.914 bits per heavy atom. The van der Waals surface area contributed by atoms with Gasteiger partial charge in [-0.05, 0) is 43.3 Å². The lowest BCUT2D eigenvalue weighted by atomic mass is 10.1. The molecule has 0 spiro atoms. The predicted molar refractivity (Wildman–Crippen MR) is 127 cm³/mol. The van der Waals surface area contributed by atoms with Crippen LogP contribution in [0.2, 0.25) is 0 Å². The summed E-state index contributed by atoms with van der Waals surface area (Å²) in [5, 5.41) is 30.9. The summed E-state index contributed by atoms with van der Waals surface area (Å²) in [4.78, 5) is 37.1. The fourth-order valence-corrected chi connectivity index (χ4v) is 3.79. The first-order valence-electron chi connectivity index (χ1n) is 10.9. The Balaban J connectivity index is 1.41. The number of hydrogen-bond donors (Lipinski definition) is 0. The summed E-state index contributed by atoms with van der Waals surface area (Å²) in [6, 6.07) is 14.3. The molecule has 0 aliphatic carbocycles. The van der Waals surface area contributed by atoms with Gasteiger partial charge in [-0.3, -0.25) is 25.0 Å². The summed E-state index contributed by atoms with van der Waals surface area (Å²) >= 11 is 0. The van der Waals surface area contributed by atoms with Crippen LogP contribution in [0.15, 0.2) is 54.6 Å². The lowest BCUT2D eigenvalue weighted by Crippen LogP contribution is -2.49. The Morgan fingerprint density at radius 3 is 2.06 bits per heavy atom. The first kappa shape index (κ1) is 23.5. The van der Waals surface area contributed by atoms with Crippen LogP contribution in [0.4, 0.5) is 17.2 Å². The molecule has 0 N–H and O–H groups in total. The molecule has 1 aliphatic heterocycles. The van der Waals surface area contributed by atoms with Gasteiger partial charge in [0.25, 0.3) is 17.3 Å². The van der Waals surface area contributed by atoms with Gasteiger partial charge in [-0.25, -0.2) is 0 Å². The number of aromatic nitrogens is 2. The number of carbonyl (C=O) groups excluding carboxylic acids is 1. The number of hydrogen-bond acceptors (Lipinski definition) is 9. The highest BCUT2D eigenvalue weighted by molar-refractivity contribution is 5.95. The van der Waals surface area contributed by atoms with Crippen molar-refractivity contribution in [3.8, 4) is 17.0 Å². The second-order valence-electron chi connectivity index (χ2n) is 7.77. The van der Waals surface area contributed by atoms with Crippen molar-refractivity contribution >= 4 is 23.1 Å². The number of non-ortho nitro benzene ring substituents is 2. The Labute approximate surface area is 200 Å². The molecule has 180 valence electrons. The molecule has 2 heterocycles. The molecule has 1 aromatic heterocycles. The molecule has 1 fully saturated rings. The number of benzene rings is 2. The summed E-state index contributed by atoms with van der Waals surface area (Å²) in [6.45, 7) is 4.13. The van der Waals surface area contributed by atoms with Crippen LogP contribution in [-0.4, -0.2) is 63.6 Å². The van der Waals surface area contributed by atoms with Gasteiger partial charge in [0.15, 0.2) is 5.82 Å². The third kappa shape index (κ3) is 5.32. The molecule has 12 heteroatoms. The smallest absolute Gasteiger partial charge is 0.277 e. The van der Waals surface area contributed by atoms with Gasteiger partial charge >= 0.3 is 0 Å². The van der Waals surface area contributed by atoms with Crippen molar-refractivity contribution in [2.45, 2.75) is 6.92 Å². The van der Waals surface area contributed by atoms with Crippen molar-refractivity contribution in [2.75, 3.05) is 37.7 Å². The van der Waals surface area contributed by atoms with E-state index in [-0.39, 0.29) is 5.56 Å². The molecule has 2 aromatic carbocycles. The van der Waals surface area contributed by atoms with Crippen LogP contribution in [0.1, 0.15) is 17.3 Å². The van der Waals surface area contributed by atoms with Crippen molar-refractivity contribution in [3.05, 3.63) is 80.4 Å². The average molecular weight is 478 g/mol. The Morgan fingerprint density at radius 2 is 1.54 bits per heavy atom. The monoisotopic (exact) mass is 478 g/mol. The minimum atomic E-state index is -0.753. The van der Waals surface area contributed by atoms with Gasteiger partial charge in [-0.2, -0.15) is 0 Å². The molecule has 1 amide bonds. The maximum absolute atomic E-state index is 12.9. The van der Waals surface area contributed by atoms with E-state index < -0.39 is 27.1 Å². The topological polar surface area (TPSA) is 145 Å². The molecule has 35 heavy (non-hydrogen) atoms. The van der Waals surface area contributed by atoms with Gasteiger partial charge in [-0.15, -0.1) is 10.2 Å². The van der Waals surface area contributed by atoms with E-state index in [2.05, 4.69) is 10.2 Å². The van der Waals surface area contributed by atoms with Crippen molar-refractivity contribution in [2.24, 2.45) is 0 Å². The number of ether oxygens (including phenoxy) is 1. The van der Waals surface area contributed by atoms with Crippen molar-refractivity contribution in [1.82, 2.24) is 15.1 Å². The zero-order chi connectivity index (χ0) is 24.9. The van der Waals surface area contributed by atoms with Gasteiger partial charge in [0.1, 0.15) is 5.75 Å². The number of rotatable bonds is 7. The number of anilines is 1. The minimum absolute atomic E-state index is 0.0844. The number of nitro benzene ring substituents is 2. The molecule has 4 rings (SSSR count). The molecule has 0 saturated carbocycles. The molecular formula is C23H22N6O6. The fourth-order valence-electron chi connectivity index (χ4n) is 3.79.